The maximum absolute atomic E-state index is 13.4. The number of pyridine rings is 1. The molecule has 82 valence electrons. The Bertz CT molecular complexity index is 318. The molecule has 1 rings (SSSR count). The van der Waals surface area contributed by atoms with Crippen LogP contribution < -0.4 is 5.73 Å². The standard InChI is InChI=1S/C10H13FN2O2/c1-2-15-10(14)8(11)9(12)7-5-3-4-6-13-7/h3-6,8-9H,2,12H2,1H3/t8?,9-/m1/s1. The summed E-state index contributed by atoms with van der Waals surface area (Å²) < 4.78 is 17.9. The third kappa shape index (κ3) is 2.99. The van der Waals surface area contributed by atoms with Crippen LogP contribution in [0.2, 0.25) is 0 Å². The molecule has 0 saturated carbocycles. The fourth-order valence-corrected chi connectivity index (χ4v) is 1.09. The van der Waals surface area contributed by atoms with Gasteiger partial charge in [0.1, 0.15) is 0 Å². The van der Waals surface area contributed by atoms with Crippen molar-refractivity contribution in [3.63, 3.8) is 0 Å². The van der Waals surface area contributed by atoms with Gasteiger partial charge in [-0.05, 0) is 19.1 Å². The second-order valence-electron chi connectivity index (χ2n) is 2.93. The van der Waals surface area contributed by atoms with Crippen molar-refractivity contribution in [2.75, 3.05) is 6.61 Å². The molecule has 15 heavy (non-hydrogen) atoms. The second-order valence-corrected chi connectivity index (χ2v) is 2.93. The summed E-state index contributed by atoms with van der Waals surface area (Å²) in [5, 5.41) is 0. The number of carbonyl (C=O) groups excluding carboxylic acids is 1. The molecule has 0 aliphatic heterocycles. The van der Waals surface area contributed by atoms with Gasteiger partial charge in [0.05, 0.1) is 18.3 Å². The number of hydrogen-bond acceptors (Lipinski definition) is 4. The minimum atomic E-state index is -1.88. The van der Waals surface area contributed by atoms with Crippen molar-refractivity contribution in [3.05, 3.63) is 30.1 Å². The molecular weight excluding hydrogens is 199 g/mol. The molecule has 2 atom stereocenters. The first-order chi connectivity index (χ1) is 7.16. The predicted octanol–water partition coefficient (Wildman–Crippen LogP) is 0.983. The van der Waals surface area contributed by atoms with Gasteiger partial charge in [-0.2, -0.15) is 0 Å². The zero-order chi connectivity index (χ0) is 11.3. The molecule has 0 aliphatic rings. The van der Waals surface area contributed by atoms with Crippen LogP contribution in [0.25, 0.3) is 0 Å². The van der Waals surface area contributed by atoms with Gasteiger partial charge < -0.3 is 10.5 Å². The lowest BCUT2D eigenvalue weighted by molar-refractivity contribution is -0.150. The normalized spacial score (nSPS) is 14.3. The highest BCUT2D eigenvalue weighted by atomic mass is 19.1. The van der Waals surface area contributed by atoms with E-state index in [9.17, 15) is 9.18 Å². The molecule has 0 aromatic carbocycles. The highest BCUT2D eigenvalue weighted by molar-refractivity contribution is 5.75. The Balaban J connectivity index is 2.68. The third-order valence-corrected chi connectivity index (χ3v) is 1.86. The van der Waals surface area contributed by atoms with Gasteiger partial charge in [0, 0.05) is 6.20 Å². The monoisotopic (exact) mass is 212 g/mol. The first-order valence-corrected chi connectivity index (χ1v) is 4.64. The van der Waals surface area contributed by atoms with E-state index in [0.29, 0.717) is 5.69 Å². The number of alkyl halides is 1. The van der Waals surface area contributed by atoms with E-state index in [2.05, 4.69) is 9.72 Å². The molecule has 1 unspecified atom stereocenters. The molecule has 0 radical (unpaired) electrons. The van der Waals surface area contributed by atoms with Crippen LogP contribution in [0.4, 0.5) is 4.39 Å². The van der Waals surface area contributed by atoms with E-state index in [0.717, 1.165) is 0 Å². The molecule has 2 N–H and O–H groups in total. The van der Waals surface area contributed by atoms with Gasteiger partial charge >= 0.3 is 5.97 Å². The quantitative estimate of drug-likeness (QED) is 0.755. The average Bonchev–Trinajstić information content (AvgIpc) is 2.28. The van der Waals surface area contributed by atoms with Crippen molar-refractivity contribution >= 4 is 5.97 Å². The number of nitrogens with zero attached hydrogens (tertiary/aromatic N) is 1. The molecule has 1 heterocycles. The Morgan fingerprint density at radius 3 is 2.93 bits per heavy atom. The summed E-state index contributed by atoms with van der Waals surface area (Å²) in [6.07, 6.45) is -0.382. The van der Waals surface area contributed by atoms with Gasteiger partial charge in [0.2, 0.25) is 6.17 Å². The van der Waals surface area contributed by atoms with Gasteiger partial charge in [0.15, 0.2) is 0 Å². The molecule has 0 bridgehead atoms. The van der Waals surface area contributed by atoms with Gasteiger partial charge in [-0.1, -0.05) is 6.07 Å². The number of rotatable bonds is 4. The van der Waals surface area contributed by atoms with Crippen LogP contribution >= 0.6 is 0 Å². The Morgan fingerprint density at radius 2 is 2.40 bits per heavy atom. The average molecular weight is 212 g/mol. The van der Waals surface area contributed by atoms with Crippen LogP contribution in [0.15, 0.2) is 24.4 Å². The summed E-state index contributed by atoms with van der Waals surface area (Å²) in [5.74, 6) is -0.948. The van der Waals surface area contributed by atoms with Crippen molar-refractivity contribution in [2.24, 2.45) is 5.73 Å². The van der Waals surface area contributed by atoms with Gasteiger partial charge in [-0.25, -0.2) is 9.18 Å². The number of ether oxygens (including phenoxy) is 1. The van der Waals surface area contributed by atoms with Crippen LogP contribution in [0, 0.1) is 0 Å². The Kier molecular flexibility index (Phi) is 4.17. The number of nitrogens with two attached hydrogens (primary N) is 1. The number of aromatic nitrogens is 1. The smallest absolute Gasteiger partial charge is 0.342 e. The summed E-state index contributed by atoms with van der Waals surface area (Å²) in [6.45, 7) is 1.74. The maximum Gasteiger partial charge on any atom is 0.342 e. The van der Waals surface area contributed by atoms with Crippen LogP contribution in [-0.2, 0) is 9.53 Å². The van der Waals surface area contributed by atoms with Crippen molar-refractivity contribution in [1.29, 1.82) is 0 Å². The van der Waals surface area contributed by atoms with Crippen molar-refractivity contribution in [1.82, 2.24) is 4.98 Å². The Morgan fingerprint density at radius 1 is 1.67 bits per heavy atom. The molecule has 1 aromatic rings. The summed E-state index contributed by atoms with van der Waals surface area (Å²) in [7, 11) is 0. The third-order valence-electron chi connectivity index (χ3n) is 1.86. The number of esters is 1. The van der Waals surface area contributed by atoms with E-state index in [4.69, 9.17) is 5.73 Å². The van der Waals surface area contributed by atoms with Crippen molar-refractivity contribution < 1.29 is 13.9 Å². The first kappa shape index (κ1) is 11.6. The molecule has 4 nitrogen and oxygen atoms in total. The molecule has 0 saturated heterocycles. The molecule has 0 aliphatic carbocycles. The number of carbonyl (C=O) groups is 1. The predicted molar refractivity (Wildman–Crippen MR) is 52.7 cm³/mol. The van der Waals surface area contributed by atoms with Crippen LogP contribution in [0.3, 0.4) is 0 Å². The van der Waals surface area contributed by atoms with Gasteiger partial charge in [-0.3, -0.25) is 4.98 Å². The minimum absolute atomic E-state index is 0.133. The van der Waals surface area contributed by atoms with E-state index in [1.807, 2.05) is 0 Å². The fraction of sp³-hybridized carbons (Fsp3) is 0.400. The van der Waals surface area contributed by atoms with Crippen LogP contribution in [-0.4, -0.2) is 23.7 Å². The van der Waals surface area contributed by atoms with Crippen molar-refractivity contribution in [3.8, 4) is 0 Å². The van der Waals surface area contributed by atoms with Crippen LogP contribution in [0.5, 0.6) is 0 Å². The lowest BCUT2D eigenvalue weighted by Gasteiger charge is -2.14. The zero-order valence-electron chi connectivity index (χ0n) is 8.39. The molecule has 0 amide bonds. The maximum atomic E-state index is 13.4. The van der Waals surface area contributed by atoms with Gasteiger partial charge in [0.25, 0.3) is 0 Å². The van der Waals surface area contributed by atoms with Crippen LogP contribution in [0.1, 0.15) is 18.7 Å². The Labute approximate surface area is 87.3 Å². The highest BCUT2D eigenvalue weighted by Gasteiger charge is 2.28. The van der Waals surface area contributed by atoms with E-state index in [-0.39, 0.29) is 6.61 Å². The molecule has 0 fully saturated rings. The van der Waals surface area contributed by atoms with Gasteiger partial charge in [-0.15, -0.1) is 0 Å². The van der Waals surface area contributed by atoms with E-state index in [1.165, 1.54) is 6.20 Å². The lowest BCUT2D eigenvalue weighted by atomic mass is 10.1. The topological polar surface area (TPSA) is 65.2 Å². The van der Waals surface area contributed by atoms with Crippen molar-refractivity contribution in [2.45, 2.75) is 19.1 Å². The molecule has 5 heteroatoms. The highest BCUT2D eigenvalue weighted by Crippen LogP contribution is 2.15. The van der Waals surface area contributed by atoms with E-state index < -0.39 is 18.2 Å². The summed E-state index contributed by atoms with van der Waals surface area (Å²) >= 11 is 0. The molecule has 1 aromatic heterocycles. The number of halogens is 1. The summed E-state index contributed by atoms with van der Waals surface area (Å²) in [4.78, 5) is 14.9. The zero-order valence-corrected chi connectivity index (χ0v) is 8.39. The second kappa shape index (κ2) is 5.41. The first-order valence-electron chi connectivity index (χ1n) is 4.64. The minimum Gasteiger partial charge on any atom is -0.464 e. The SMILES string of the molecule is CCOC(=O)C(F)[C@H](N)c1ccccn1. The Hall–Kier alpha value is -1.49. The number of hydrogen-bond donors (Lipinski definition) is 1. The summed E-state index contributed by atoms with van der Waals surface area (Å²) in [5.41, 5.74) is 5.86. The van der Waals surface area contributed by atoms with E-state index >= 15 is 0 Å². The van der Waals surface area contributed by atoms with E-state index in [1.54, 1.807) is 25.1 Å². The largest absolute Gasteiger partial charge is 0.464 e. The fourth-order valence-electron chi connectivity index (χ4n) is 1.09. The molecule has 0 spiro atoms. The molecular formula is C10H13FN2O2. The lowest BCUT2D eigenvalue weighted by Crippen LogP contribution is -2.32. The summed E-state index contributed by atoms with van der Waals surface area (Å²) in [6, 6.07) is 3.86.